The van der Waals surface area contributed by atoms with Crippen LogP contribution in [-0.2, 0) is 16.0 Å². The number of ether oxygens (including phenoxy) is 2. The third-order valence-corrected chi connectivity index (χ3v) is 4.71. The summed E-state index contributed by atoms with van der Waals surface area (Å²) in [6.07, 6.45) is 8.53. The van der Waals surface area contributed by atoms with E-state index in [0.29, 0.717) is 24.7 Å². The number of anilines is 4. The van der Waals surface area contributed by atoms with Gasteiger partial charge >= 0.3 is 0 Å². The average molecular weight is 395 g/mol. The fourth-order valence-electron chi connectivity index (χ4n) is 3.14. The van der Waals surface area contributed by atoms with Crippen LogP contribution in [0.5, 0.6) is 0 Å². The summed E-state index contributed by atoms with van der Waals surface area (Å²) in [6, 6.07) is 7.93. The number of benzene rings is 1. The second-order valence-corrected chi connectivity index (χ2v) is 6.89. The number of rotatable bonds is 7. The molecule has 0 aliphatic carbocycles. The van der Waals surface area contributed by atoms with Crippen molar-refractivity contribution in [1.82, 2.24) is 19.7 Å². The lowest BCUT2D eigenvalue weighted by Crippen LogP contribution is -2.24. The van der Waals surface area contributed by atoms with Crippen LogP contribution < -0.4 is 16.8 Å². The van der Waals surface area contributed by atoms with Crippen LogP contribution in [0.1, 0.15) is 19.3 Å². The van der Waals surface area contributed by atoms with Gasteiger partial charge in [0.15, 0.2) is 12.1 Å². The van der Waals surface area contributed by atoms with Crippen LogP contribution in [0, 0.1) is 0 Å². The zero-order valence-electron chi connectivity index (χ0n) is 16.1. The summed E-state index contributed by atoms with van der Waals surface area (Å²) in [5.41, 5.74) is 14.9. The van der Waals surface area contributed by atoms with Crippen molar-refractivity contribution < 1.29 is 9.47 Å². The molecule has 1 aromatic carbocycles. The topological polar surface area (TPSA) is 126 Å². The highest BCUT2D eigenvalue weighted by molar-refractivity contribution is 5.71. The molecule has 3 aromatic rings. The van der Waals surface area contributed by atoms with Gasteiger partial charge in [-0.3, -0.25) is 4.68 Å². The number of aromatic nitrogens is 4. The molecule has 1 unspecified atom stereocenters. The Labute approximate surface area is 169 Å². The molecule has 1 aliphatic heterocycles. The standard InChI is InChI=1S/C20H25N7O2/c21-17-12-23-20(22)26-19(17)25-16-6-4-14(5-7-16)15-11-24-27(13-15)8-10-29-18-3-1-2-9-28-18/h4-7,11-13,18H,1-3,8-10,21H2,(H3,22,23,25,26). The van der Waals surface area contributed by atoms with Gasteiger partial charge in [-0.15, -0.1) is 0 Å². The Balaban J connectivity index is 1.33. The van der Waals surface area contributed by atoms with Crippen LogP contribution in [0.3, 0.4) is 0 Å². The highest BCUT2D eigenvalue weighted by Crippen LogP contribution is 2.24. The Morgan fingerprint density at radius 1 is 1.14 bits per heavy atom. The molecule has 1 aliphatic rings. The van der Waals surface area contributed by atoms with Gasteiger partial charge in [0.1, 0.15) is 0 Å². The summed E-state index contributed by atoms with van der Waals surface area (Å²) in [4.78, 5) is 7.97. The van der Waals surface area contributed by atoms with Crippen molar-refractivity contribution in [2.45, 2.75) is 32.1 Å². The zero-order chi connectivity index (χ0) is 20.1. The van der Waals surface area contributed by atoms with Crippen molar-refractivity contribution in [1.29, 1.82) is 0 Å². The van der Waals surface area contributed by atoms with E-state index in [2.05, 4.69) is 20.4 Å². The summed E-state index contributed by atoms with van der Waals surface area (Å²) >= 11 is 0. The van der Waals surface area contributed by atoms with E-state index in [-0.39, 0.29) is 12.2 Å². The Bertz CT molecular complexity index is 936. The predicted molar refractivity (Wildman–Crippen MR) is 111 cm³/mol. The highest BCUT2D eigenvalue weighted by atomic mass is 16.7. The molecule has 0 amide bonds. The lowest BCUT2D eigenvalue weighted by Gasteiger charge is -2.22. The number of hydrogen-bond acceptors (Lipinski definition) is 8. The number of nitrogens with two attached hydrogens (primary N) is 2. The monoisotopic (exact) mass is 395 g/mol. The summed E-state index contributed by atoms with van der Waals surface area (Å²) in [5, 5.41) is 7.57. The number of nitrogen functional groups attached to an aromatic ring is 2. The largest absolute Gasteiger partial charge is 0.394 e. The van der Waals surface area contributed by atoms with Gasteiger partial charge < -0.3 is 26.3 Å². The molecular formula is C20H25N7O2. The van der Waals surface area contributed by atoms with Crippen LogP contribution in [-0.4, -0.2) is 39.3 Å². The Hall–Kier alpha value is -3.17. The molecule has 152 valence electrons. The molecular weight excluding hydrogens is 370 g/mol. The van der Waals surface area contributed by atoms with E-state index in [1.54, 1.807) is 0 Å². The first kappa shape index (κ1) is 19.2. The number of nitrogens with zero attached hydrogens (tertiary/aromatic N) is 4. The first-order valence-electron chi connectivity index (χ1n) is 9.68. The van der Waals surface area contributed by atoms with Gasteiger partial charge in [0.05, 0.1) is 31.2 Å². The Morgan fingerprint density at radius 2 is 2.00 bits per heavy atom. The summed E-state index contributed by atoms with van der Waals surface area (Å²) in [6.45, 7) is 2.06. The van der Waals surface area contributed by atoms with Gasteiger partial charge in [0.25, 0.3) is 0 Å². The molecule has 0 radical (unpaired) electrons. The van der Waals surface area contributed by atoms with E-state index >= 15 is 0 Å². The van der Waals surface area contributed by atoms with E-state index < -0.39 is 0 Å². The SMILES string of the molecule is Nc1ncc(N)c(Nc2ccc(-c3cnn(CCOC4CCCCO4)c3)cc2)n1. The fourth-order valence-corrected chi connectivity index (χ4v) is 3.14. The van der Waals surface area contributed by atoms with Gasteiger partial charge in [-0.25, -0.2) is 4.98 Å². The molecule has 29 heavy (non-hydrogen) atoms. The van der Waals surface area contributed by atoms with Crippen molar-refractivity contribution >= 4 is 23.1 Å². The zero-order valence-corrected chi connectivity index (χ0v) is 16.1. The maximum atomic E-state index is 5.88. The second kappa shape index (κ2) is 8.89. The minimum absolute atomic E-state index is 0.0712. The molecule has 0 spiro atoms. The van der Waals surface area contributed by atoms with E-state index in [9.17, 15) is 0 Å². The molecule has 4 rings (SSSR count). The van der Waals surface area contributed by atoms with Crippen molar-refractivity contribution in [3.63, 3.8) is 0 Å². The van der Waals surface area contributed by atoms with E-state index in [4.69, 9.17) is 20.9 Å². The van der Waals surface area contributed by atoms with Crippen molar-refractivity contribution in [2.75, 3.05) is 30.0 Å². The van der Waals surface area contributed by atoms with Gasteiger partial charge in [-0.2, -0.15) is 10.1 Å². The third-order valence-electron chi connectivity index (χ3n) is 4.71. The average Bonchev–Trinajstić information content (AvgIpc) is 3.21. The summed E-state index contributed by atoms with van der Waals surface area (Å²) in [7, 11) is 0. The van der Waals surface area contributed by atoms with Gasteiger partial charge in [0.2, 0.25) is 5.95 Å². The lowest BCUT2D eigenvalue weighted by molar-refractivity contribution is -0.163. The first-order valence-corrected chi connectivity index (χ1v) is 9.68. The molecule has 1 saturated heterocycles. The van der Waals surface area contributed by atoms with Gasteiger partial charge in [-0.1, -0.05) is 12.1 Å². The molecule has 0 bridgehead atoms. The van der Waals surface area contributed by atoms with Crippen molar-refractivity contribution in [3.8, 4) is 11.1 Å². The molecule has 1 fully saturated rings. The maximum Gasteiger partial charge on any atom is 0.222 e. The number of hydrogen-bond donors (Lipinski definition) is 3. The maximum absolute atomic E-state index is 5.88. The molecule has 1 atom stereocenters. The van der Waals surface area contributed by atoms with Crippen LogP contribution >= 0.6 is 0 Å². The smallest absolute Gasteiger partial charge is 0.222 e. The van der Waals surface area contributed by atoms with Crippen molar-refractivity contribution in [3.05, 3.63) is 42.9 Å². The highest BCUT2D eigenvalue weighted by Gasteiger charge is 2.13. The van der Waals surface area contributed by atoms with Crippen LogP contribution in [0.25, 0.3) is 11.1 Å². The second-order valence-electron chi connectivity index (χ2n) is 6.89. The van der Waals surface area contributed by atoms with Crippen LogP contribution in [0.15, 0.2) is 42.9 Å². The Kier molecular flexibility index (Phi) is 5.87. The van der Waals surface area contributed by atoms with Crippen molar-refractivity contribution in [2.24, 2.45) is 0 Å². The minimum Gasteiger partial charge on any atom is -0.394 e. The first-order chi connectivity index (χ1) is 14.2. The molecule has 5 N–H and O–H groups in total. The van der Waals surface area contributed by atoms with Gasteiger partial charge in [0, 0.05) is 24.1 Å². The van der Waals surface area contributed by atoms with Crippen LogP contribution in [0.2, 0.25) is 0 Å². The Morgan fingerprint density at radius 3 is 2.79 bits per heavy atom. The summed E-state index contributed by atoms with van der Waals surface area (Å²) < 4.78 is 13.2. The molecule has 9 nitrogen and oxygen atoms in total. The summed E-state index contributed by atoms with van der Waals surface area (Å²) in [5.74, 6) is 0.657. The molecule has 9 heteroatoms. The van der Waals surface area contributed by atoms with E-state index in [0.717, 1.165) is 36.3 Å². The fraction of sp³-hybridized carbons (Fsp3) is 0.350. The van der Waals surface area contributed by atoms with Gasteiger partial charge in [-0.05, 0) is 37.0 Å². The quantitative estimate of drug-likeness (QED) is 0.557. The molecule has 2 aromatic heterocycles. The minimum atomic E-state index is -0.0712. The normalized spacial score (nSPS) is 16.6. The van der Waals surface area contributed by atoms with Crippen LogP contribution in [0.4, 0.5) is 23.1 Å². The molecule has 0 saturated carbocycles. The number of nitrogens with one attached hydrogen (secondary N) is 1. The lowest BCUT2D eigenvalue weighted by atomic mass is 10.1. The van der Waals surface area contributed by atoms with E-state index in [1.165, 1.54) is 12.6 Å². The third kappa shape index (κ3) is 5.01. The molecule has 3 heterocycles. The predicted octanol–water partition coefficient (Wildman–Crippen LogP) is 2.79. The van der Waals surface area contributed by atoms with E-state index in [1.807, 2.05) is 41.3 Å².